The third kappa shape index (κ3) is 6.59. The van der Waals surface area contributed by atoms with Crippen LogP contribution in [0.15, 0.2) is 39.8 Å². The Morgan fingerprint density at radius 1 is 1.15 bits per heavy atom. The van der Waals surface area contributed by atoms with E-state index in [0.29, 0.717) is 24.8 Å². The van der Waals surface area contributed by atoms with Gasteiger partial charge in [0.15, 0.2) is 11.8 Å². The smallest absolute Gasteiger partial charge is 0.228 e. The van der Waals surface area contributed by atoms with E-state index in [0.717, 1.165) is 11.8 Å². The highest BCUT2D eigenvalue weighted by molar-refractivity contribution is 14.0. The lowest BCUT2D eigenvalue weighted by Gasteiger charge is -2.24. The first-order valence-electron chi connectivity index (χ1n) is 8.85. The lowest BCUT2D eigenvalue weighted by molar-refractivity contribution is 0.371. The molecule has 2 rings (SSSR count). The number of nitrogens with one attached hydrogen (secondary N) is 2. The molecule has 1 aromatic heterocycles. The van der Waals surface area contributed by atoms with Crippen LogP contribution in [0, 0.1) is 0 Å². The Bertz CT molecular complexity index is 672. The Labute approximate surface area is 173 Å². The normalized spacial score (nSPS) is 13.8. The fraction of sp³-hybridized carbons (Fsp3) is 0.526. The van der Waals surface area contributed by atoms with E-state index in [1.807, 2.05) is 19.9 Å². The molecule has 2 aromatic rings. The highest BCUT2D eigenvalue weighted by atomic mass is 127. The minimum absolute atomic E-state index is 0. The van der Waals surface area contributed by atoms with E-state index in [1.54, 1.807) is 7.05 Å². The first-order chi connectivity index (χ1) is 12.0. The monoisotopic (exact) mass is 471 g/mol. The number of halogens is 1. The van der Waals surface area contributed by atoms with Crippen molar-refractivity contribution in [2.24, 2.45) is 4.99 Å². The van der Waals surface area contributed by atoms with Gasteiger partial charge in [0.05, 0.1) is 0 Å². The Morgan fingerprint density at radius 3 is 2.42 bits per heavy atom. The molecular formula is C19H30IN5O. The number of hydrogen-bond donors (Lipinski definition) is 2. The minimum atomic E-state index is 0. The minimum Gasteiger partial charge on any atom is -0.356 e. The Hall–Kier alpha value is -1.64. The first kappa shape index (κ1) is 22.4. The average Bonchev–Trinajstić information content (AvgIpc) is 3.10. The van der Waals surface area contributed by atoms with Gasteiger partial charge in [0.1, 0.15) is 0 Å². The molecule has 2 N–H and O–H groups in total. The number of guanidine groups is 1. The molecule has 144 valence electrons. The number of nitrogens with zero attached hydrogens (tertiary/aromatic N) is 3. The molecule has 26 heavy (non-hydrogen) atoms. The van der Waals surface area contributed by atoms with Crippen LogP contribution in [0.25, 0.3) is 0 Å². The van der Waals surface area contributed by atoms with E-state index in [9.17, 15) is 0 Å². The maximum absolute atomic E-state index is 5.26. The van der Waals surface area contributed by atoms with Crippen LogP contribution in [0.1, 0.15) is 56.8 Å². The Kier molecular flexibility index (Phi) is 9.61. The fourth-order valence-corrected chi connectivity index (χ4v) is 2.47. The van der Waals surface area contributed by atoms with Gasteiger partial charge in [0.25, 0.3) is 0 Å². The molecule has 0 bridgehead atoms. The molecule has 6 nitrogen and oxygen atoms in total. The highest BCUT2D eigenvalue weighted by Crippen LogP contribution is 2.18. The Morgan fingerprint density at radius 2 is 1.85 bits per heavy atom. The van der Waals surface area contributed by atoms with Gasteiger partial charge in [-0.05, 0) is 12.5 Å². The van der Waals surface area contributed by atoms with E-state index in [2.05, 4.69) is 63.9 Å². The zero-order chi connectivity index (χ0) is 18.2. The van der Waals surface area contributed by atoms with Gasteiger partial charge in [-0.2, -0.15) is 4.98 Å². The summed E-state index contributed by atoms with van der Waals surface area (Å²) in [6, 6.07) is 10.7. The summed E-state index contributed by atoms with van der Waals surface area (Å²) in [6.07, 6.45) is 0.670. The van der Waals surface area contributed by atoms with Crippen molar-refractivity contribution in [3.63, 3.8) is 0 Å². The van der Waals surface area contributed by atoms with Crippen LogP contribution in [-0.2, 0) is 6.42 Å². The molecule has 0 radical (unpaired) electrons. The lowest BCUT2D eigenvalue weighted by atomic mass is 9.94. The summed E-state index contributed by atoms with van der Waals surface area (Å²) in [5, 5.41) is 10.7. The van der Waals surface area contributed by atoms with E-state index >= 15 is 0 Å². The quantitative estimate of drug-likeness (QED) is 0.366. The SMILES string of the molecule is CN=C(NCCc1nc(C(C)C)no1)NC(C)C(C)c1ccccc1.I. The van der Waals surface area contributed by atoms with Crippen LogP contribution in [0.5, 0.6) is 0 Å². The standard InChI is InChI=1S/C19H29N5O.HI/c1-13(2)18-23-17(25-24-18)11-12-21-19(20-5)22-15(4)14(3)16-9-7-6-8-10-16;/h6-10,13-15H,11-12H2,1-5H3,(H2,20,21,22);1H. The Balaban J connectivity index is 0.00000338. The van der Waals surface area contributed by atoms with Crippen molar-refractivity contribution in [3.05, 3.63) is 47.6 Å². The molecule has 0 saturated heterocycles. The van der Waals surface area contributed by atoms with E-state index in [-0.39, 0.29) is 35.9 Å². The third-order valence-corrected chi connectivity index (χ3v) is 4.29. The van der Waals surface area contributed by atoms with Crippen molar-refractivity contribution < 1.29 is 4.52 Å². The molecule has 0 aliphatic heterocycles. The topological polar surface area (TPSA) is 75.3 Å². The third-order valence-electron chi connectivity index (χ3n) is 4.29. The van der Waals surface area contributed by atoms with Crippen molar-refractivity contribution in [3.8, 4) is 0 Å². The summed E-state index contributed by atoms with van der Waals surface area (Å²) in [5.74, 6) is 2.84. The second-order valence-electron chi connectivity index (χ2n) is 6.58. The molecule has 0 aliphatic carbocycles. The van der Waals surface area contributed by atoms with Crippen molar-refractivity contribution in [2.45, 2.75) is 52.0 Å². The number of benzene rings is 1. The van der Waals surface area contributed by atoms with Crippen molar-refractivity contribution in [1.29, 1.82) is 0 Å². The first-order valence-corrected chi connectivity index (χ1v) is 8.85. The van der Waals surface area contributed by atoms with Gasteiger partial charge in [0, 0.05) is 37.9 Å². The summed E-state index contributed by atoms with van der Waals surface area (Å²) in [6.45, 7) is 9.16. The molecule has 0 aliphatic rings. The predicted molar refractivity (Wildman–Crippen MR) is 116 cm³/mol. The largest absolute Gasteiger partial charge is 0.356 e. The number of rotatable bonds is 7. The summed E-state index contributed by atoms with van der Waals surface area (Å²) in [4.78, 5) is 8.68. The average molecular weight is 471 g/mol. The second-order valence-corrected chi connectivity index (χ2v) is 6.58. The number of hydrogen-bond acceptors (Lipinski definition) is 4. The second kappa shape index (κ2) is 11.2. The summed E-state index contributed by atoms with van der Waals surface area (Å²) in [5.41, 5.74) is 1.31. The van der Waals surface area contributed by atoms with Gasteiger partial charge in [-0.1, -0.05) is 56.3 Å². The fourth-order valence-electron chi connectivity index (χ4n) is 2.47. The van der Waals surface area contributed by atoms with Gasteiger partial charge in [0.2, 0.25) is 5.89 Å². The van der Waals surface area contributed by atoms with Crippen molar-refractivity contribution in [1.82, 2.24) is 20.8 Å². The lowest BCUT2D eigenvalue weighted by Crippen LogP contribution is -2.44. The van der Waals surface area contributed by atoms with Crippen LogP contribution in [-0.4, -0.2) is 35.7 Å². The van der Waals surface area contributed by atoms with E-state index in [4.69, 9.17) is 4.52 Å². The van der Waals surface area contributed by atoms with Crippen LogP contribution >= 0.6 is 24.0 Å². The van der Waals surface area contributed by atoms with Gasteiger partial charge in [-0.3, -0.25) is 4.99 Å². The van der Waals surface area contributed by atoms with Gasteiger partial charge in [-0.25, -0.2) is 0 Å². The van der Waals surface area contributed by atoms with E-state index in [1.165, 1.54) is 5.56 Å². The number of aromatic nitrogens is 2. The van der Waals surface area contributed by atoms with Gasteiger partial charge >= 0.3 is 0 Å². The molecule has 0 saturated carbocycles. The maximum atomic E-state index is 5.26. The van der Waals surface area contributed by atoms with Gasteiger partial charge < -0.3 is 15.2 Å². The van der Waals surface area contributed by atoms with Crippen LogP contribution in [0.4, 0.5) is 0 Å². The van der Waals surface area contributed by atoms with Crippen LogP contribution in [0.2, 0.25) is 0 Å². The summed E-state index contributed by atoms with van der Waals surface area (Å²) in [7, 11) is 1.78. The molecule has 0 fully saturated rings. The zero-order valence-corrected chi connectivity index (χ0v) is 18.5. The molecule has 2 atom stereocenters. The predicted octanol–water partition coefficient (Wildman–Crippen LogP) is 3.71. The van der Waals surface area contributed by atoms with Crippen molar-refractivity contribution in [2.75, 3.05) is 13.6 Å². The van der Waals surface area contributed by atoms with Crippen molar-refractivity contribution >= 4 is 29.9 Å². The molecule has 7 heteroatoms. The summed E-state index contributed by atoms with van der Waals surface area (Å²) >= 11 is 0. The van der Waals surface area contributed by atoms with Crippen LogP contribution < -0.4 is 10.6 Å². The maximum Gasteiger partial charge on any atom is 0.228 e. The molecule has 0 spiro atoms. The summed E-state index contributed by atoms with van der Waals surface area (Å²) < 4.78 is 5.26. The molecule has 1 heterocycles. The zero-order valence-electron chi connectivity index (χ0n) is 16.2. The molecule has 0 amide bonds. The molecule has 2 unspecified atom stereocenters. The highest BCUT2D eigenvalue weighted by Gasteiger charge is 2.15. The van der Waals surface area contributed by atoms with E-state index < -0.39 is 0 Å². The van der Waals surface area contributed by atoms with Gasteiger partial charge in [-0.15, -0.1) is 24.0 Å². The molecule has 1 aromatic carbocycles. The molecular weight excluding hydrogens is 441 g/mol. The number of aliphatic imine (C=N–C) groups is 1. The van der Waals surface area contributed by atoms with Crippen LogP contribution in [0.3, 0.4) is 0 Å².